The lowest BCUT2D eigenvalue weighted by Gasteiger charge is -2.12. The topological polar surface area (TPSA) is 9.23 Å². The Morgan fingerprint density at radius 3 is 2.77 bits per heavy atom. The SMILES string of the molecule is CCC(Br)c1cc(F)ccc1OC. The highest BCUT2D eigenvalue weighted by atomic mass is 79.9. The molecule has 72 valence electrons. The number of hydrogen-bond donors (Lipinski definition) is 0. The maximum absolute atomic E-state index is 12.9. The highest BCUT2D eigenvalue weighted by Gasteiger charge is 2.11. The predicted molar refractivity (Wildman–Crippen MR) is 54.9 cm³/mol. The maximum Gasteiger partial charge on any atom is 0.123 e. The summed E-state index contributed by atoms with van der Waals surface area (Å²) < 4.78 is 18.0. The van der Waals surface area contributed by atoms with Crippen molar-refractivity contribution in [1.29, 1.82) is 0 Å². The molecule has 0 heterocycles. The summed E-state index contributed by atoms with van der Waals surface area (Å²) in [6.45, 7) is 2.03. The molecule has 0 fully saturated rings. The Morgan fingerprint density at radius 1 is 1.54 bits per heavy atom. The fourth-order valence-corrected chi connectivity index (χ4v) is 1.53. The average molecular weight is 247 g/mol. The molecule has 0 radical (unpaired) electrons. The number of benzene rings is 1. The van der Waals surface area contributed by atoms with Gasteiger partial charge >= 0.3 is 0 Å². The van der Waals surface area contributed by atoms with E-state index in [1.54, 1.807) is 13.2 Å². The van der Waals surface area contributed by atoms with Gasteiger partial charge in [0.2, 0.25) is 0 Å². The Hall–Kier alpha value is -0.570. The molecule has 0 aromatic heterocycles. The van der Waals surface area contributed by atoms with E-state index >= 15 is 0 Å². The molecule has 1 rings (SSSR count). The van der Waals surface area contributed by atoms with Gasteiger partial charge in [0, 0.05) is 10.4 Å². The molecule has 1 unspecified atom stereocenters. The van der Waals surface area contributed by atoms with Gasteiger partial charge in [0.15, 0.2) is 0 Å². The van der Waals surface area contributed by atoms with Crippen molar-refractivity contribution in [3.8, 4) is 5.75 Å². The summed E-state index contributed by atoms with van der Waals surface area (Å²) in [5.41, 5.74) is 0.866. The van der Waals surface area contributed by atoms with Crippen LogP contribution in [0.5, 0.6) is 5.75 Å². The molecule has 0 aliphatic carbocycles. The molecular weight excluding hydrogens is 235 g/mol. The minimum Gasteiger partial charge on any atom is -0.496 e. The Bertz CT molecular complexity index is 288. The lowest BCUT2D eigenvalue weighted by molar-refractivity contribution is 0.408. The number of methoxy groups -OCH3 is 1. The Morgan fingerprint density at radius 2 is 2.23 bits per heavy atom. The third-order valence-corrected chi connectivity index (χ3v) is 3.03. The van der Waals surface area contributed by atoms with Gasteiger partial charge in [-0.1, -0.05) is 22.9 Å². The van der Waals surface area contributed by atoms with E-state index in [0.29, 0.717) is 0 Å². The van der Waals surface area contributed by atoms with E-state index in [1.807, 2.05) is 6.92 Å². The van der Waals surface area contributed by atoms with Crippen LogP contribution in [-0.4, -0.2) is 7.11 Å². The first-order valence-corrected chi connectivity index (χ1v) is 5.08. The van der Waals surface area contributed by atoms with E-state index in [2.05, 4.69) is 15.9 Å². The summed E-state index contributed by atoms with van der Waals surface area (Å²) in [7, 11) is 1.59. The first kappa shape index (κ1) is 10.5. The third-order valence-electron chi connectivity index (χ3n) is 1.89. The average Bonchev–Trinajstić information content (AvgIpc) is 2.16. The van der Waals surface area contributed by atoms with E-state index in [1.165, 1.54) is 12.1 Å². The van der Waals surface area contributed by atoms with Gasteiger partial charge in [0.25, 0.3) is 0 Å². The molecule has 0 aliphatic rings. The number of ether oxygens (including phenoxy) is 1. The highest BCUT2D eigenvalue weighted by molar-refractivity contribution is 9.09. The van der Waals surface area contributed by atoms with Crippen molar-refractivity contribution in [2.75, 3.05) is 7.11 Å². The monoisotopic (exact) mass is 246 g/mol. The molecule has 0 N–H and O–H groups in total. The first-order valence-electron chi connectivity index (χ1n) is 4.16. The molecule has 0 saturated heterocycles. The van der Waals surface area contributed by atoms with E-state index in [0.717, 1.165) is 17.7 Å². The van der Waals surface area contributed by atoms with Crippen LogP contribution in [0.4, 0.5) is 4.39 Å². The van der Waals surface area contributed by atoms with Crippen molar-refractivity contribution >= 4 is 15.9 Å². The molecule has 3 heteroatoms. The minimum absolute atomic E-state index is 0.151. The first-order chi connectivity index (χ1) is 6.19. The molecule has 0 spiro atoms. The smallest absolute Gasteiger partial charge is 0.123 e. The molecule has 0 bridgehead atoms. The third kappa shape index (κ3) is 2.44. The fraction of sp³-hybridized carbons (Fsp3) is 0.400. The normalized spacial score (nSPS) is 12.6. The van der Waals surface area contributed by atoms with Gasteiger partial charge in [-0.25, -0.2) is 4.39 Å². The van der Waals surface area contributed by atoms with Crippen LogP contribution in [0, 0.1) is 5.82 Å². The van der Waals surface area contributed by atoms with Crippen molar-refractivity contribution < 1.29 is 9.13 Å². The largest absolute Gasteiger partial charge is 0.496 e. The molecule has 1 nitrogen and oxygen atoms in total. The minimum atomic E-state index is -0.228. The summed E-state index contributed by atoms with van der Waals surface area (Å²) in [6.07, 6.45) is 0.903. The Labute approximate surface area is 86.0 Å². The quantitative estimate of drug-likeness (QED) is 0.740. The maximum atomic E-state index is 12.9. The molecule has 1 aromatic rings. The van der Waals surface area contributed by atoms with E-state index < -0.39 is 0 Å². The van der Waals surface area contributed by atoms with Crippen molar-refractivity contribution in [2.45, 2.75) is 18.2 Å². The van der Waals surface area contributed by atoms with Crippen LogP contribution in [0.2, 0.25) is 0 Å². The zero-order valence-corrected chi connectivity index (χ0v) is 9.27. The molecule has 13 heavy (non-hydrogen) atoms. The Kier molecular flexibility index (Phi) is 3.72. The standard InChI is InChI=1S/C10H12BrFO/c1-3-9(11)8-6-7(12)4-5-10(8)13-2/h4-6,9H,3H2,1-2H3. The van der Waals surface area contributed by atoms with E-state index in [4.69, 9.17) is 4.74 Å². The zero-order chi connectivity index (χ0) is 9.84. The number of alkyl halides is 1. The summed E-state index contributed by atoms with van der Waals surface area (Å²) in [5.74, 6) is 0.499. The highest BCUT2D eigenvalue weighted by Crippen LogP contribution is 2.33. The second-order valence-electron chi connectivity index (χ2n) is 2.76. The summed E-state index contributed by atoms with van der Waals surface area (Å²) in [4.78, 5) is 0.151. The predicted octanol–water partition coefficient (Wildman–Crippen LogP) is 3.68. The molecule has 0 saturated carbocycles. The molecular formula is C10H12BrFO. The van der Waals surface area contributed by atoms with Gasteiger partial charge in [-0.2, -0.15) is 0 Å². The molecule has 1 aromatic carbocycles. The fourth-order valence-electron chi connectivity index (χ4n) is 1.17. The van der Waals surface area contributed by atoms with E-state index in [-0.39, 0.29) is 10.6 Å². The second-order valence-corrected chi connectivity index (χ2v) is 3.87. The molecule has 0 amide bonds. The van der Waals surface area contributed by atoms with Gasteiger partial charge in [-0.15, -0.1) is 0 Å². The lowest BCUT2D eigenvalue weighted by atomic mass is 10.1. The lowest BCUT2D eigenvalue weighted by Crippen LogP contribution is -1.95. The number of halogens is 2. The van der Waals surface area contributed by atoms with Crippen LogP contribution in [-0.2, 0) is 0 Å². The van der Waals surface area contributed by atoms with Crippen molar-refractivity contribution in [3.63, 3.8) is 0 Å². The summed E-state index contributed by atoms with van der Waals surface area (Å²) >= 11 is 3.46. The Balaban J connectivity index is 3.07. The van der Waals surface area contributed by atoms with E-state index in [9.17, 15) is 4.39 Å². The van der Waals surface area contributed by atoms with Gasteiger partial charge < -0.3 is 4.74 Å². The van der Waals surface area contributed by atoms with Crippen molar-refractivity contribution in [1.82, 2.24) is 0 Å². The van der Waals surface area contributed by atoms with Crippen LogP contribution in [0.1, 0.15) is 23.7 Å². The van der Waals surface area contributed by atoms with Crippen LogP contribution in [0.25, 0.3) is 0 Å². The number of rotatable bonds is 3. The second kappa shape index (κ2) is 4.61. The summed E-state index contributed by atoms with van der Waals surface area (Å²) in [5, 5.41) is 0. The van der Waals surface area contributed by atoms with Crippen LogP contribution < -0.4 is 4.74 Å². The molecule has 1 atom stereocenters. The van der Waals surface area contributed by atoms with Crippen LogP contribution in [0.3, 0.4) is 0 Å². The zero-order valence-electron chi connectivity index (χ0n) is 7.68. The summed E-state index contributed by atoms with van der Waals surface area (Å²) in [6, 6.07) is 4.55. The number of hydrogen-bond acceptors (Lipinski definition) is 1. The van der Waals surface area contributed by atoms with Crippen molar-refractivity contribution in [2.24, 2.45) is 0 Å². The van der Waals surface area contributed by atoms with Crippen LogP contribution in [0.15, 0.2) is 18.2 Å². The van der Waals surface area contributed by atoms with Crippen LogP contribution >= 0.6 is 15.9 Å². The van der Waals surface area contributed by atoms with Gasteiger partial charge in [0.05, 0.1) is 7.11 Å². The van der Waals surface area contributed by atoms with Gasteiger partial charge in [-0.3, -0.25) is 0 Å². The van der Waals surface area contributed by atoms with Crippen molar-refractivity contribution in [3.05, 3.63) is 29.6 Å². The van der Waals surface area contributed by atoms with Gasteiger partial charge in [0.1, 0.15) is 11.6 Å². The van der Waals surface area contributed by atoms with Gasteiger partial charge in [-0.05, 0) is 24.6 Å². The molecule has 0 aliphatic heterocycles.